The van der Waals surface area contributed by atoms with E-state index in [1.54, 1.807) is 20.8 Å². The van der Waals surface area contributed by atoms with Gasteiger partial charge in [0.25, 0.3) is 5.91 Å². The number of piperidine rings is 1. The van der Waals surface area contributed by atoms with E-state index in [0.717, 1.165) is 5.56 Å². The fourth-order valence-corrected chi connectivity index (χ4v) is 3.66. The molecule has 0 radical (unpaired) electrons. The molecule has 2 saturated heterocycles. The summed E-state index contributed by atoms with van der Waals surface area (Å²) in [6, 6.07) is 8.36. The number of fused-ring (bicyclic) bond motifs is 2. The number of benzene rings is 1. The van der Waals surface area contributed by atoms with Gasteiger partial charge in [-0.15, -0.1) is 0 Å². The van der Waals surface area contributed by atoms with Crippen LogP contribution in [0.1, 0.15) is 45.6 Å². The van der Waals surface area contributed by atoms with Gasteiger partial charge in [0.15, 0.2) is 0 Å². The maximum Gasteiger partial charge on any atom is 0.407 e. The molecule has 0 spiro atoms. The summed E-state index contributed by atoms with van der Waals surface area (Å²) in [4.78, 5) is 56.1. The molecular formula is C22H31N5O6. The number of nitrogens with one attached hydrogen (secondary N) is 3. The Hall–Kier alpha value is -3.34. The molecule has 1 aromatic carbocycles. The van der Waals surface area contributed by atoms with Gasteiger partial charge < -0.3 is 15.0 Å². The van der Waals surface area contributed by atoms with Crippen molar-refractivity contribution in [2.24, 2.45) is 0 Å². The molecule has 2 aliphatic rings. The molecule has 2 heterocycles. The number of hydrogen-bond donors (Lipinski definition) is 3. The predicted octanol–water partition coefficient (Wildman–Crippen LogP) is 1.45. The van der Waals surface area contributed by atoms with Crippen molar-refractivity contribution in [3.63, 3.8) is 0 Å². The summed E-state index contributed by atoms with van der Waals surface area (Å²) in [5.41, 5.74) is 5.00. The van der Waals surface area contributed by atoms with E-state index in [2.05, 4.69) is 16.2 Å². The van der Waals surface area contributed by atoms with Gasteiger partial charge in [-0.05, 0) is 39.2 Å². The zero-order valence-corrected chi connectivity index (χ0v) is 19.1. The van der Waals surface area contributed by atoms with Gasteiger partial charge in [0.1, 0.15) is 18.2 Å². The van der Waals surface area contributed by atoms with Crippen molar-refractivity contribution >= 4 is 23.9 Å². The van der Waals surface area contributed by atoms with Gasteiger partial charge in [-0.3, -0.25) is 25.3 Å². The van der Waals surface area contributed by atoms with Crippen LogP contribution in [0.5, 0.6) is 0 Å². The third-order valence-corrected chi connectivity index (χ3v) is 5.18. The smallest absolute Gasteiger partial charge is 0.407 e. The minimum absolute atomic E-state index is 0.0456. The SMILES string of the molecule is CC(C)(C)OC(=O)NCCC(=O)NNC(=O)[C@@H]1CC[C@H]2CN1C(=O)N2OCc1ccccc1. The maximum absolute atomic E-state index is 12.8. The van der Waals surface area contributed by atoms with E-state index in [4.69, 9.17) is 9.57 Å². The fraction of sp³-hybridized carbons (Fsp3) is 0.545. The molecule has 180 valence electrons. The van der Waals surface area contributed by atoms with E-state index < -0.39 is 29.6 Å². The Bertz CT molecular complexity index is 872. The number of ether oxygens (including phenoxy) is 1. The summed E-state index contributed by atoms with van der Waals surface area (Å²) >= 11 is 0. The Morgan fingerprint density at radius 2 is 1.82 bits per heavy atom. The molecule has 0 aliphatic carbocycles. The highest BCUT2D eigenvalue weighted by Gasteiger charge is 2.48. The molecule has 3 rings (SSSR count). The van der Waals surface area contributed by atoms with Gasteiger partial charge in [0.05, 0.1) is 6.04 Å². The molecule has 3 N–H and O–H groups in total. The van der Waals surface area contributed by atoms with Gasteiger partial charge in [0.2, 0.25) is 5.91 Å². The minimum Gasteiger partial charge on any atom is -0.444 e. The van der Waals surface area contributed by atoms with Gasteiger partial charge in [0, 0.05) is 19.5 Å². The first-order chi connectivity index (χ1) is 15.6. The molecule has 2 aliphatic heterocycles. The number of hydrazine groups is 1. The number of hydrogen-bond acceptors (Lipinski definition) is 6. The Labute approximate surface area is 192 Å². The molecule has 11 heteroatoms. The lowest BCUT2D eigenvalue weighted by Gasteiger charge is -2.29. The number of hydroxylamine groups is 2. The molecule has 1 aromatic rings. The number of rotatable bonds is 7. The summed E-state index contributed by atoms with van der Waals surface area (Å²) in [6.45, 7) is 5.92. The number of urea groups is 1. The average molecular weight is 462 g/mol. The second-order valence-corrected chi connectivity index (χ2v) is 8.98. The number of amides is 5. The van der Waals surface area contributed by atoms with E-state index in [0.29, 0.717) is 19.4 Å². The summed E-state index contributed by atoms with van der Waals surface area (Å²) < 4.78 is 5.08. The second kappa shape index (κ2) is 10.5. The highest BCUT2D eigenvalue weighted by atomic mass is 16.7. The van der Waals surface area contributed by atoms with Gasteiger partial charge in [-0.2, -0.15) is 5.06 Å². The van der Waals surface area contributed by atoms with E-state index in [1.165, 1.54) is 9.96 Å². The van der Waals surface area contributed by atoms with Crippen molar-refractivity contribution in [3.05, 3.63) is 35.9 Å². The summed E-state index contributed by atoms with van der Waals surface area (Å²) in [5.74, 6) is -0.950. The monoisotopic (exact) mass is 461 g/mol. The molecular weight excluding hydrogens is 430 g/mol. The standard InChI is InChI=1S/C22H31N5O6/c1-22(2,3)33-20(30)23-12-11-18(28)24-25-19(29)17-10-9-16-13-26(17)21(31)27(16)32-14-15-7-5-4-6-8-15/h4-8,16-17H,9-14H2,1-3H3,(H,23,30)(H,24,28)(H,25,29)/t16-,17-/m0/s1. The molecule has 33 heavy (non-hydrogen) atoms. The molecule has 2 atom stereocenters. The van der Waals surface area contributed by atoms with Gasteiger partial charge >= 0.3 is 12.1 Å². The third-order valence-electron chi connectivity index (χ3n) is 5.18. The van der Waals surface area contributed by atoms with Crippen LogP contribution in [-0.4, -0.2) is 64.7 Å². The topological polar surface area (TPSA) is 129 Å². The zero-order chi connectivity index (χ0) is 24.0. The lowest BCUT2D eigenvalue weighted by atomic mass is 10.0. The van der Waals surface area contributed by atoms with Crippen molar-refractivity contribution in [1.82, 2.24) is 26.1 Å². The lowest BCUT2D eigenvalue weighted by molar-refractivity contribution is -0.140. The van der Waals surface area contributed by atoms with Crippen LogP contribution < -0.4 is 16.2 Å². The predicted molar refractivity (Wildman–Crippen MR) is 117 cm³/mol. The van der Waals surface area contributed by atoms with Crippen molar-refractivity contribution in [2.75, 3.05) is 13.1 Å². The van der Waals surface area contributed by atoms with Gasteiger partial charge in [-0.1, -0.05) is 30.3 Å². The maximum atomic E-state index is 12.8. The molecule has 5 amide bonds. The minimum atomic E-state index is -0.695. The Morgan fingerprint density at radius 3 is 2.52 bits per heavy atom. The quantitative estimate of drug-likeness (QED) is 0.527. The Morgan fingerprint density at radius 1 is 1.09 bits per heavy atom. The molecule has 11 nitrogen and oxygen atoms in total. The molecule has 0 aromatic heterocycles. The first-order valence-electron chi connectivity index (χ1n) is 11.0. The number of carbonyl (C=O) groups is 4. The number of carbonyl (C=O) groups excluding carboxylic acids is 4. The molecule has 0 unspecified atom stereocenters. The van der Waals surface area contributed by atoms with E-state index in [-0.39, 0.29) is 31.6 Å². The average Bonchev–Trinajstić information content (AvgIpc) is 2.99. The highest BCUT2D eigenvalue weighted by molar-refractivity contribution is 5.90. The van der Waals surface area contributed by atoms with Crippen molar-refractivity contribution in [3.8, 4) is 0 Å². The highest BCUT2D eigenvalue weighted by Crippen LogP contribution is 2.30. The number of nitrogens with zero attached hydrogens (tertiary/aromatic N) is 2. The van der Waals surface area contributed by atoms with E-state index >= 15 is 0 Å². The number of alkyl carbamates (subject to hydrolysis) is 1. The largest absolute Gasteiger partial charge is 0.444 e. The van der Waals surface area contributed by atoms with Crippen LogP contribution >= 0.6 is 0 Å². The third kappa shape index (κ3) is 6.82. The van der Waals surface area contributed by atoms with Crippen LogP contribution in [0.4, 0.5) is 9.59 Å². The zero-order valence-electron chi connectivity index (χ0n) is 19.1. The van der Waals surface area contributed by atoms with Crippen molar-refractivity contribution in [2.45, 2.75) is 64.3 Å². The van der Waals surface area contributed by atoms with Crippen LogP contribution in [0.15, 0.2) is 30.3 Å². The first kappa shape index (κ1) is 24.3. The van der Waals surface area contributed by atoms with Crippen LogP contribution in [0.3, 0.4) is 0 Å². The second-order valence-electron chi connectivity index (χ2n) is 8.98. The van der Waals surface area contributed by atoms with Crippen molar-refractivity contribution in [1.29, 1.82) is 0 Å². The first-order valence-corrected chi connectivity index (χ1v) is 11.0. The van der Waals surface area contributed by atoms with Gasteiger partial charge in [-0.25, -0.2) is 9.59 Å². The van der Waals surface area contributed by atoms with Crippen LogP contribution in [0.25, 0.3) is 0 Å². The van der Waals surface area contributed by atoms with Crippen LogP contribution in [-0.2, 0) is 25.8 Å². The van der Waals surface area contributed by atoms with Crippen LogP contribution in [0.2, 0.25) is 0 Å². The normalized spacial score (nSPS) is 19.8. The van der Waals surface area contributed by atoms with E-state index in [9.17, 15) is 19.2 Å². The summed E-state index contributed by atoms with van der Waals surface area (Å²) in [5, 5.41) is 3.82. The molecule has 2 fully saturated rings. The lowest BCUT2D eigenvalue weighted by Crippen LogP contribution is -2.54. The fourth-order valence-electron chi connectivity index (χ4n) is 3.66. The van der Waals surface area contributed by atoms with Crippen molar-refractivity contribution < 1.29 is 28.8 Å². The Kier molecular flexibility index (Phi) is 7.75. The molecule has 0 saturated carbocycles. The van der Waals surface area contributed by atoms with Crippen LogP contribution in [0, 0.1) is 0 Å². The summed E-state index contributed by atoms with van der Waals surface area (Å²) in [6.07, 6.45) is 0.408. The molecule has 2 bridgehead atoms. The Balaban J connectivity index is 1.40. The van der Waals surface area contributed by atoms with E-state index in [1.807, 2.05) is 30.3 Å². The summed E-state index contributed by atoms with van der Waals surface area (Å²) in [7, 11) is 0.